The molecule has 3 rings (SSSR count). The fourth-order valence-corrected chi connectivity index (χ4v) is 2.35. The van der Waals surface area contributed by atoms with Gasteiger partial charge in [0.25, 0.3) is 11.8 Å². The van der Waals surface area contributed by atoms with Crippen LogP contribution in [-0.4, -0.2) is 34.0 Å². The number of aromatic nitrogens is 2. The molecule has 0 radical (unpaired) electrons. The van der Waals surface area contributed by atoms with Gasteiger partial charge in [-0.05, 0) is 31.9 Å². The number of nitrogens with zero attached hydrogens (tertiary/aromatic N) is 3. The molecule has 5 heteroatoms. The maximum Gasteiger partial charge on any atom is 0.258 e. The lowest BCUT2D eigenvalue weighted by molar-refractivity contribution is 0.0793. The number of carbonyl (C=O) groups is 1. The van der Waals surface area contributed by atoms with E-state index in [1.165, 1.54) is 0 Å². The van der Waals surface area contributed by atoms with Crippen LogP contribution in [0.1, 0.15) is 29.0 Å². The van der Waals surface area contributed by atoms with Crippen molar-refractivity contribution in [1.82, 2.24) is 15.0 Å². The van der Waals surface area contributed by atoms with Gasteiger partial charge in [-0.1, -0.05) is 17.3 Å². The number of benzene rings is 1. The fraction of sp³-hybridized carbons (Fsp3) is 0.357. The normalized spacial score (nSPS) is 14.9. The van der Waals surface area contributed by atoms with Gasteiger partial charge in [0.05, 0.1) is 11.1 Å². The van der Waals surface area contributed by atoms with E-state index in [1.807, 2.05) is 29.2 Å². The zero-order valence-electron chi connectivity index (χ0n) is 10.8. The summed E-state index contributed by atoms with van der Waals surface area (Å²) >= 11 is 0. The molecule has 5 nitrogen and oxygen atoms in total. The SMILES string of the molecule is Cc1noc(-c2ccccc2C(=O)N2CCCC2)n1. The molecule has 2 aromatic rings. The predicted octanol–water partition coefficient (Wildman–Crippen LogP) is 2.28. The molecule has 0 aliphatic carbocycles. The van der Waals surface area contributed by atoms with E-state index in [4.69, 9.17) is 4.52 Å². The van der Waals surface area contributed by atoms with Gasteiger partial charge < -0.3 is 9.42 Å². The molecule has 0 unspecified atom stereocenters. The molecular weight excluding hydrogens is 242 g/mol. The molecule has 98 valence electrons. The van der Waals surface area contributed by atoms with Crippen LogP contribution in [0.2, 0.25) is 0 Å². The summed E-state index contributed by atoms with van der Waals surface area (Å²) in [6.45, 7) is 3.42. The molecule has 2 heterocycles. The molecule has 0 N–H and O–H groups in total. The predicted molar refractivity (Wildman–Crippen MR) is 69.6 cm³/mol. The minimum Gasteiger partial charge on any atom is -0.339 e. The molecule has 1 amide bonds. The van der Waals surface area contributed by atoms with E-state index in [0.29, 0.717) is 22.8 Å². The van der Waals surface area contributed by atoms with Crippen LogP contribution in [-0.2, 0) is 0 Å². The molecule has 1 saturated heterocycles. The summed E-state index contributed by atoms with van der Waals surface area (Å²) in [7, 11) is 0. The third kappa shape index (κ3) is 2.23. The van der Waals surface area contributed by atoms with E-state index in [0.717, 1.165) is 25.9 Å². The molecule has 0 saturated carbocycles. The van der Waals surface area contributed by atoms with Crippen molar-refractivity contribution in [1.29, 1.82) is 0 Å². The van der Waals surface area contributed by atoms with Crippen molar-refractivity contribution in [2.45, 2.75) is 19.8 Å². The Labute approximate surface area is 111 Å². The topological polar surface area (TPSA) is 59.2 Å². The Hall–Kier alpha value is -2.17. The maximum absolute atomic E-state index is 12.5. The lowest BCUT2D eigenvalue weighted by atomic mass is 10.1. The van der Waals surface area contributed by atoms with Gasteiger partial charge in [-0.15, -0.1) is 0 Å². The van der Waals surface area contributed by atoms with Gasteiger partial charge in [0.2, 0.25) is 0 Å². The third-order valence-electron chi connectivity index (χ3n) is 3.31. The second-order valence-electron chi connectivity index (χ2n) is 4.69. The summed E-state index contributed by atoms with van der Waals surface area (Å²) in [5.74, 6) is 1.02. The van der Waals surface area contributed by atoms with E-state index >= 15 is 0 Å². The number of amides is 1. The molecule has 0 spiro atoms. The zero-order chi connectivity index (χ0) is 13.2. The van der Waals surface area contributed by atoms with Gasteiger partial charge in [-0.3, -0.25) is 4.79 Å². The average molecular weight is 257 g/mol. The summed E-state index contributed by atoms with van der Waals surface area (Å²) in [5.41, 5.74) is 1.34. The van der Waals surface area contributed by atoms with Crippen LogP contribution in [0.25, 0.3) is 11.5 Å². The van der Waals surface area contributed by atoms with Crippen LogP contribution >= 0.6 is 0 Å². The fourth-order valence-electron chi connectivity index (χ4n) is 2.35. The Morgan fingerprint density at radius 1 is 1.26 bits per heavy atom. The van der Waals surface area contributed by atoms with Crippen molar-refractivity contribution in [3.05, 3.63) is 35.7 Å². The lowest BCUT2D eigenvalue weighted by Crippen LogP contribution is -2.28. The van der Waals surface area contributed by atoms with E-state index in [-0.39, 0.29) is 5.91 Å². The zero-order valence-corrected chi connectivity index (χ0v) is 10.8. The summed E-state index contributed by atoms with van der Waals surface area (Å²) in [6.07, 6.45) is 2.15. The highest BCUT2D eigenvalue weighted by molar-refractivity contribution is 6.00. The van der Waals surface area contributed by atoms with Crippen LogP contribution in [0.3, 0.4) is 0 Å². The first-order valence-electron chi connectivity index (χ1n) is 6.45. The summed E-state index contributed by atoms with van der Waals surface area (Å²) in [5, 5.41) is 3.78. The first kappa shape index (κ1) is 11.9. The molecule has 0 bridgehead atoms. The van der Waals surface area contributed by atoms with E-state index < -0.39 is 0 Å². The Morgan fingerprint density at radius 3 is 2.68 bits per heavy atom. The molecule has 1 fully saturated rings. The first-order valence-corrected chi connectivity index (χ1v) is 6.45. The summed E-state index contributed by atoms with van der Waals surface area (Å²) in [4.78, 5) is 18.6. The maximum atomic E-state index is 12.5. The quantitative estimate of drug-likeness (QED) is 0.828. The highest BCUT2D eigenvalue weighted by Gasteiger charge is 2.23. The van der Waals surface area contributed by atoms with Crippen molar-refractivity contribution < 1.29 is 9.32 Å². The minimum atomic E-state index is 0.0453. The smallest absolute Gasteiger partial charge is 0.258 e. The van der Waals surface area contributed by atoms with Gasteiger partial charge in [-0.2, -0.15) is 4.98 Å². The van der Waals surface area contributed by atoms with E-state index in [2.05, 4.69) is 10.1 Å². The van der Waals surface area contributed by atoms with Crippen molar-refractivity contribution >= 4 is 5.91 Å². The van der Waals surface area contributed by atoms with Gasteiger partial charge in [0.1, 0.15) is 0 Å². The number of aryl methyl sites for hydroxylation is 1. The highest BCUT2D eigenvalue weighted by Crippen LogP contribution is 2.24. The Kier molecular flexibility index (Phi) is 3.03. The van der Waals surface area contributed by atoms with Gasteiger partial charge in [0.15, 0.2) is 5.82 Å². The molecule has 19 heavy (non-hydrogen) atoms. The van der Waals surface area contributed by atoms with Crippen LogP contribution < -0.4 is 0 Å². The van der Waals surface area contributed by atoms with Crippen LogP contribution in [0, 0.1) is 6.92 Å². The Bertz CT molecular complexity index is 600. The molecular formula is C14H15N3O2. The summed E-state index contributed by atoms with van der Waals surface area (Å²) in [6, 6.07) is 7.39. The number of carbonyl (C=O) groups excluding carboxylic acids is 1. The van der Waals surface area contributed by atoms with Gasteiger partial charge >= 0.3 is 0 Å². The second kappa shape index (κ2) is 4.84. The van der Waals surface area contributed by atoms with Crippen molar-refractivity contribution in [3.63, 3.8) is 0 Å². The molecule has 1 aliphatic rings. The van der Waals surface area contributed by atoms with Gasteiger partial charge in [-0.25, -0.2) is 0 Å². The molecule has 1 aromatic carbocycles. The van der Waals surface area contributed by atoms with Crippen LogP contribution in [0.4, 0.5) is 0 Å². The average Bonchev–Trinajstić information content (AvgIpc) is 3.09. The Morgan fingerprint density at radius 2 is 2.00 bits per heavy atom. The minimum absolute atomic E-state index is 0.0453. The number of rotatable bonds is 2. The van der Waals surface area contributed by atoms with Crippen LogP contribution in [0.5, 0.6) is 0 Å². The van der Waals surface area contributed by atoms with Gasteiger partial charge in [0, 0.05) is 13.1 Å². The lowest BCUT2D eigenvalue weighted by Gasteiger charge is -2.16. The third-order valence-corrected chi connectivity index (χ3v) is 3.31. The van der Waals surface area contributed by atoms with Crippen molar-refractivity contribution in [2.75, 3.05) is 13.1 Å². The number of hydrogen-bond donors (Lipinski definition) is 0. The molecule has 0 atom stereocenters. The van der Waals surface area contributed by atoms with Crippen molar-refractivity contribution in [3.8, 4) is 11.5 Å². The molecule has 1 aromatic heterocycles. The monoisotopic (exact) mass is 257 g/mol. The number of likely N-dealkylation sites (tertiary alicyclic amines) is 1. The second-order valence-corrected chi connectivity index (χ2v) is 4.69. The standard InChI is InChI=1S/C14H15N3O2/c1-10-15-13(19-16-10)11-6-2-3-7-12(11)14(18)17-8-4-5-9-17/h2-3,6-7H,4-5,8-9H2,1H3. The highest BCUT2D eigenvalue weighted by atomic mass is 16.5. The van der Waals surface area contributed by atoms with E-state index in [9.17, 15) is 4.79 Å². The van der Waals surface area contributed by atoms with E-state index in [1.54, 1.807) is 6.92 Å². The molecule has 1 aliphatic heterocycles. The first-order chi connectivity index (χ1) is 9.25. The van der Waals surface area contributed by atoms with Crippen LogP contribution in [0.15, 0.2) is 28.8 Å². The number of hydrogen-bond acceptors (Lipinski definition) is 4. The summed E-state index contributed by atoms with van der Waals surface area (Å²) < 4.78 is 5.17. The Balaban J connectivity index is 1.99. The van der Waals surface area contributed by atoms with Crippen molar-refractivity contribution in [2.24, 2.45) is 0 Å². The largest absolute Gasteiger partial charge is 0.339 e.